The molecular formula is C12H11ClN4O2. The molecule has 1 aromatic heterocycles. The highest BCUT2D eigenvalue weighted by molar-refractivity contribution is 6.30. The van der Waals surface area contributed by atoms with E-state index in [1.54, 1.807) is 31.2 Å². The fourth-order valence-electron chi connectivity index (χ4n) is 1.48. The minimum absolute atomic E-state index is 0.0818. The predicted octanol–water partition coefficient (Wildman–Crippen LogP) is 1.72. The molecule has 0 unspecified atom stereocenters. The molecule has 0 saturated heterocycles. The fourth-order valence-corrected chi connectivity index (χ4v) is 1.61. The van der Waals surface area contributed by atoms with Crippen LogP contribution in [0.1, 0.15) is 16.2 Å². The summed E-state index contributed by atoms with van der Waals surface area (Å²) in [7, 11) is 0. The van der Waals surface area contributed by atoms with Crippen LogP contribution in [0.15, 0.2) is 33.7 Å². The van der Waals surface area contributed by atoms with E-state index in [1.807, 2.05) is 0 Å². The van der Waals surface area contributed by atoms with Gasteiger partial charge in [-0.3, -0.25) is 4.79 Å². The Kier molecular flexibility index (Phi) is 3.52. The van der Waals surface area contributed by atoms with Crippen LogP contribution < -0.4 is 11.5 Å². The number of aryl methyl sites for hydroxylation is 1. The Hall–Kier alpha value is -2.34. The van der Waals surface area contributed by atoms with Crippen LogP contribution in [-0.4, -0.2) is 16.9 Å². The highest BCUT2D eigenvalue weighted by Gasteiger charge is 2.17. The van der Waals surface area contributed by atoms with Crippen molar-refractivity contribution in [2.45, 2.75) is 6.92 Å². The van der Waals surface area contributed by atoms with Gasteiger partial charge >= 0.3 is 5.91 Å². The van der Waals surface area contributed by atoms with Crippen LogP contribution in [0.2, 0.25) is 5.02 Å². The zero-order chi connectivity index (χ0) is 14.0. The van der Waals surface area contributed by atoms with Gasteiger partial charge in [-0.2, -0.15) is 4.99 Å². The van der Waals surface area contributed by atoms with Gasteiger partial charge in [0.2, 0.25) is 5.89 Å². The van der Waals surface area contributed by atoms with E-state index < -0.39 is 5.91 Å². The molecule has 2 rings (SSSR count). The van der Waals surface area contributed by atoms with Crippen molar-refractivity contribution in [1.29, 1.82) is 0 Å². The topological polar surface area (TPSA) is 108 Å². The van der Waals surface area contributed by atoms with Crippen molar-refractivity contribution in [2.75, 3.05) is 0 Å². The van der Waals surface area contributed by atoms with Crippen LogP contribution in [0.25, 0.3) is 11.5 Å². The molecular weight excluding hydrogens is 268 g/mol. The minimum Gasteiger partial charge on any atom is -0.441 e. The lowest BCUT2D eigenvalue weighted by molar-refractivity contribution is 0.0997. The molecule has 7 heteroatoms. The third-order valence-electron chi connectivity index (χ3n) is 2.32. The summed E-state index contributed by atoms with van der Waals surface area (Å²) in [6, 6.07) is 6.88. The van der Waals surface area contributed by atoms with Crippen LogP contribution in [0, 0.1) is 6.92 Å². The number of oxazole rings is 1. The predicted molar refractivity (Wildman–Crippen MR) is 71.8 cm³/mol. The van der Waals surface area contributed by atoms with Crippen LogP contribution in [0.3, 0.4) is 0 Å². The molecule has 0 fully saturated rings. The summed E-state index contributed by atoms with van der Waals surface area (Å²) in [4.78, 5) is 19.2. The number of aliphatic imine (C=N–C) groups is 1. The number of nitrogens with two attached hydrogens (primary N) is 2. The molecule has 0 spiro atoms. The van der Waals surface area contributed by atoms with Gasteiger partial charge in [0.05, 0.1) is 0 Å². The lowest BCUT2D eigenvalue weighted by Crippen LogP contribution is -2.24. The quantitative estimate of drug-likeness (QED) is 0.642. The number of carbonyl (C=O) groups is 1. The van der Waals surface area contributed by atoms with Crippen molar-refractivity contribution in [3.63, 3.8) is 0 Å². The van der Waals surface area contributed by atoms with Gasteiger partial charge in [0.1, 0.15) is 5.76 Å². The molecule has 0 radical (unpaired) electrons. The molecule has 1 amide bonds. The SMILES string of the molecule is Cc1oc(-c2ccc(Cl)cc2)nc1C(=O)N=C(N)N. The number of hydrogen-bond acceptors (Lipinski definition) is 3. The van der Waals surface area contributed by atoms with E-state index in [2.05, 4.69) is 9.98 Å². The normalized spacial score (nSPS) is 10.2. The standard InChI is InChI=1S/C12H11ClN4O2/c1-6-9(10(18)17-12(14)15)16-11(19-6)7-2-4-8(13)5-3-7/h2-5H,1H3,(H4,14,15,17,18). The first kappa shape index (κ1) is 13.1. The molecule has 4 N–H and O–H groups in total. The van der Waals surface area contributed by atoms with Crippen molar-refractivity contribution >= 4 is 23.5 Å². The molecule has 1 aromatic carbocycles. The number of benzene rings is 1. The van der Waals surface area contributed by atoms with Crippen molar-refractivity contribution < 1.29 is 9.21 Å². The molecule has 1 heterocycles. The van der Waals surface area contributed by atoms with E-state index in [0.29, 0.717) is 22.2 Å². The van der Waals surface area contributed by atoms with Crippen LogP contribution >= 0.6 is 11.6 Å². The number of guanidine groups is 1. The summed E-state index contributed by atoms with van der Waals surface area (Å²) < 4.78 is 5.42. The Morgan fingerprint density at radius 1 is 1.32 bits per heavy atom. The van der Waals surface area contributed by atoms with E-state index >= 15 is 0 Å². The first-order valence-electron chi connectivity index (χ1n) is 5.34. The van der Waals surface area contributed by atoms with Crippen LogP contribution in [0.5, 0.6) is 0 Å². The van der Waals surface area contributed by atoms with Gasteiger partial charge in [0, 0.05) is 10.6 Å². The fraction of sp³-hybridized carbons (Fsp3) is 0.0833. The Balaban J connectivity index is 2.38. The maximum atomic E-state index is 11.7. The monoisotopic (exact) mass is 278 g/mol. The highest BCUT2D eigenvalue weighted by Crippen LogP contribution is 2.23. The van der Waals surface area contributed by atoms with Crippen molar-refractivity contribution in [3.8, 4) is 11.5 Å². The molecule has 0 atom stereocenters. The molecule has 0 saturated carbocycles. The van der Waals surface area contributed by atoms with Gasteiger partial charge in [-0.15, -0.1) is 0 Å². The highest BCUT2D eigenvalue weighted by atomic mass is 35.5. The zero-order valence-corrected chi connectivity index (χ0v) is 10.8. The van der Waals surface area contributed by atoms with Gasteiger partial charge in [0.25, 0.3) is 0 Å². The summed E-state index contributed by atoms with van der Waals surface area (Å²) in [6.45, 7) is 1.61. The third-order valence-corrected chi connectivity index (χ3v) is 2.57. The molecule has 98 valence electrons. The maximum Gasteiger partial charge on any atom is 0.302 e. The zero-order valence-electron chi connectivity index (χ0n) is 10.1. The van der Waals surface area contributed by atoms with Crippen LogP contribution in [-0.2, 0) is 0 Å². The van der Waals surface area contributed by atoms with Gasteiger partial charge in [0.15, 0.2) is 11.7 Å². The van der Waals surface area contributed by atoms with Crippen molar-refractivity contribution in [3.05, 3.63) is 40.7 Å². The summed E-state index contributed by atoms with van der Waals surface area (Å²) >= 11 is 5.79. The van der Waals surface area contributed by atoms with Crippen LogP contribution in [0.4, 0.5) is 0 Å². The number of halogens is 1. The molecule has 0 aliphatic rings. The molecule has 2 aromatic rings. The van der Waals surface area contributed by atoms with E-state index in [1.165, 1.54) is 0 Å². The number of aromatic nitrogens is 1. The van der Waals surface area contributed by atoms with E-state index in [4.69, 9.17) is 27.5 Å². The van der Waals surface area contributed by atoms with Crippen molar-refractivity contribution in [2.24, 2.45) is 16.5 Å². The Bertz CT molecular complexity index is 642. The number of carbonyl (C=O) groups excluding carboxylic acids is 1. The smallest absolute Gasteiger partial charge is 0.302 e. The van der Waals surface area contributed by atoms with Gasteiger partial charge in [-0.25, -0.2) is 4.98 Å². The Morgan fingerprint density at radius 2 is 1.95 bits per heavy atom. The van der Waals surface area contributed by atoms with Gasteiger partial charge < -0.3 is 15.9 Å². The second kappa shape index (κ2) is 5.11. The molecule has 0 aliphatic carbocycles. The summed E-state index contributed by atoms with van der Waals surface area (Å²) in [5, 5.41) is 0.601. The lowest BCUT2D eigenvalue weighted by Gasteiger charge is -1.94. The Morgan fingerprint density at radius 3 is 2.53 bits per heavy atom. The summed E-state index contributed by atoms with van der Waals surface area (Å²) in [5.41, 5.74) is 11.1. The summed E-state index contributed by atoms with van der Waals surface area (Å²) in [6.07, 6.45) is 0. The molecule has 6 nitrogen and oxygen atoms in total. The van der Waals surface area contributed by atoms with Crippen molar-refractivity contribution in [1.82, 2.24) is 4.98 Å². The first-order chi connectivity index (χ1) is 8.97. The van der Waals surface area contributed by atoms with E-state index in [-0.39, 0.29) is 11.7 Å². The minimum atomic E-state index is -0.638. The molecule has 19 heavy (non-hydrogen) atoms. The first-order valence-corrected chi connectivity index (χ1v) is 5.72. The number of hydrogen-bond donors (Lipinski definition) is 2. The second-order valence-corrected chi connectivity index (χ2v) is 4.21. The maximum absolute atomic E-state index is 11.7. The average Bonchev–Trinajstić information content (AvgIpc) is 2.71. The summed E-state index contributed by atoms with van der Waals surface area (Å²) in [5.74, 6) is -0.301. The number of amides is 1. The second-order valence-electron chi connectivity index (χ2n) is 3.77. The Labute approximate surface area is 114 Å². The average molecular weight is 279 g/mol. The molecule has 0 bridgehead atoms. The largest absolute Gasteiger partial charge is 0.441 e. The number of rotatable bonds is 2. The third kappa shape index (κ3) is 2.92. The van der Waals surface area contributed by atoms with E-state index in [9.17, 15) is 4.79 Å². The lowest BCUT2D eigenvalue weighted by atomic mass is 10.2. The number of nitrogens with zero attached hydrogens (tertiary/aromatic N) is 2. The van der Waals surface area contributed by atoms with E-state index in [0.717, 1.165) is 0 Å². The molecule has 0 aliphatic heterocycles. The van der Waals surface area contributed by atoms with Gasteiger partial charge in [-0.05, 0) is 31.2 Å². The van der Waals surface area contributed by atoms with Gasteiger partial charge in [-0.1, -0.05) is 11.6 Å².